The van der Waals surface area contributed by atoms with Gasteiger partial charge in [0, 0.05) is 31.2 Å². The summed E-state index contributed by atoms with van der Waals surface area (Å²) in [7, 11) is 0. The zero-order valence-corrected chi connectivity index (χ0v) is 15.1. The molecule has 0 bridgehead atoms. The van der Waals surface area contributed by atoms with Gasteiger partial charge in [0.1, 0.15) is 0 Å². The molecule has 0 radical (unpaired) electrons. The first-order valence-electron chi connectivity index (χ1n) is 9.70. The molecule has 2 aliphatic heterocycles. The summed E-state index contributed by atoms with van der Waals surface area (Å²) in [6.45, 7) is 4.61. The number of hydrogen-bond donors (Lipinski definition) is 1. The van der Waals surface area contributed by atoms with Crippen LogP contribution >= 0.6 is 0 Å². The molecule has 1 aromatic rings. The van der Waals surface area contributed by atoms with E-state index < -0.39 is 11.6 Å². The number of benzene rings is 1. The molecule has 1 saturated carbocycles. The fourth-order valence-electron chi connectivity index (χ4n) is 4.56. The topological polar surface area (TPSA) is 35.6 Å². The fraction of sp³-hybridized carbons (Fsp3) is 0.650. The molecular weight excluding hydrogens is 336 g/mol. The molecule has 1 aliphatic carbocycles. The second-order valence-electron chi connectivity index (χ2n) is 8.33. The Labute approximate surface area is 153 Å². The lowest BCUT2D eigenvalue weighted by atomic mass is 9.79. The van der Waals surface area contributed by atoms with Crippen LogP contribution in [0.1, 0.15) is 37.7 Å². The molecule has 3 aliphatic rings. The minimum absolute atomic E-state index is 0.138. The summed E-state index contributed by atoms with van der Waals surface area (Å²) in [6, 6.07) is 4.81. The summed E-state index contributed by atoms with van der Waals surface area (Å²) >= 11 is 0. The monoisotopic (exact) mass is 363 g/mol. The van der Waals surface area contributed by atoms with Gasteiger partial charge < -0.3 is 5.32 Å². The van der Waals surface area contributed by atoms with Crippen molar-refractivity contribution in [2.24, 2.45) is 5.41 Å². The Hall–Kier alpha value is -1.53. The molecule has 1 N–H and O–H groups in total. The molecule has 2 saturated heterocycles. The number of hydrogen-bond acceptors (Lipinski definition) is 3. The first-order chi connectivity index (χ1) is 12.5. The maximum atomic E-state index is 14.0. The lowest BCUT2D eigenvalue weighted by Crippen LogP contribution is -2.45. The van der Waals surface area contributed by atoms with Crippen LogP contribution in [0.25, 0.3) is 0 Å². The summed E-state index contributed by atoms with van der Waals surface area (Å²) in [6.07, 6.45) is 5.52. The highest BCUT2D eigenvalue weighted by Crippen LogP contribution is 2.39. The number of likely N-dealkylation sites (tertiary alicyclic amines) is 2. The Kier molecular flexibility index (Phi) is 4.97. The van der Waals surface area contributed by atoms with E-state index in [1.165, 1.54) is 0 Å². The van der Waals surface area contributed by atoms with Gasteiger partial charge >= 0.3 is 0 Å². The van der Waals surface area contributed by atoms with Gasteiger partial charge in [0.05, 0.1) is 6.54 Å². The third-order valence-corrected chi connectivity index (χ3v) is 5.99. The summed E-state index contributed by atoms with van der Waals surface area (Å²) in [4.78, 5) is 16.6. The van der Waals surface area contributed by atoms with Crippen LogP contribution in [0, 0.1) is 17.0 Å². The molecule has 26 heavy (non-hydrogen) atoms. The van der Waals surface area contributed by atoms with Crippen molar-refractivity contribution in [3.8, 4) is 0 Å². The van der Waals surface area contributed by atoms with Crippen LogP contribution in [0.5, 0.6) is 0 Å². The van der Waals surface area contributed by atoms with E-state index in [1.807, 2.05) is 0 Å². The Morgan fingerprint density at radius 2 is 1.96 bits per heavy atom. The number of nitrogens with zero attached hydrogens (tertiary/aromatic N) is 2. The van der Waals surface area contributed by atoms with E-state index >= 15 is 0 Å². The zero-order valence-electron chi connectivity index (χ0n) is 15.1. The van der Waals surface area contributed by atoms with Crippen LogP contribution in [-0.4, -0.2) is 54.5 Å². The first-order valence-corrected chi connectivity index (χ1v) is 9.70. The molecule has 142 valence electrons. The van der Waals surface area contributed by atoms with Gasteiger partial charge in [-0.1, -0.05) is 12.1 Å². The van der Waals surface area contributed by atoms with Crippen molar-refractivity contribution in [1.29, 1.82) is 0 Å². The number of rotatable bonds is 5. The number of carbonyl (C=O) groups is 1. The third-order valence-electron chi connectivity index (χ3n) is 5.99. The molecule has 1 amide bonds. The zero-order chi connectivity index (χ0) is 18.1. The van der Waals surface area contributed by atoms with Gasteiger partial charge in [-0.15, -0.1) is 0 Å². The third kappa shape index (κ3) is 4.07. The van der Waals surface area contributed by atoms with Gasteiger partial charge in [-0.2, -0.15) is 0 Å². The van der Waals surface area contributed by atoms with Crippen LogP contribution < -0.4 is 5.32 Å². The minimum atomic E-state index is -0.775. The second-order valence-corrected chi connectivity index (χ2v) is 8.33. The maximum Gasteiger partial charge on any atom is 0.234 e. The number of nitrogens with one attached hydrogen (secondary N) is 1. The largest absolute Gasteiger partial charge is 0.352 e. The van der Waals surface area contributed by atoms with E-state index in [0.717, 1.165) is 64.3 Å². The maximum absolute atomic E-state index is 14.0. The molecule has 1 atom stereocenters. The molecular formula is C20H27F2N3O. The SMILES string of the molecule is O=C(CN1CC[C@]2(CCCN(Cc3cccc(F)c3F)C2)C1)NC1CC1. The summed E-state index contributed by atoms with van der Waals surface area (Å²) in [5.41, 5.74) is 0.614. The molecule has 0 aromatic heterocycles. The second kappa shape index (κ2) is 7.24. The minimum Gasteiger partial charge on any atom is -0.352 e. The van der Waals surface area contributed by atoms with Crippen molar-refractivity contribution in [1.82, 2.24) is 15.1 Å². The van der Waals surface area contributed by atoms with Crippen molar-refractivity contribution in [2.75, 3.05) is 32.7 Å². The lowest BCUT2D eigenvalue weighted by molar-refractivity contribution is -0.122. The number of carbonyl (C=O) groups excluding carboxylic acids is 1. The van der Waals surface area contributed by atoms with Crippen molar-refractivity contribution < 1.29 is 13.6 Å². The van der Waals surface area contributed by atoms with E-state index in [9.17, 15) is 13.6 Å². The molecule has 0 unspecified atom stereocenters. The Bertz CT molecular complexity index is 679. The summed E-state index contributed by atoms with van der Waals surface area (Å²) in [5, 5.41) is 3.06. The normalized spacial score (nSPS) is 27.2. The van der Waals surface area contributed by atoms with E-state index in [4.69, 9.17) is 0 Å². The van der Waals surface area contributed by atoms with Crippen LogP contribution in [0.3, 0.4) is 0 Å². The van der Waals surface area contributed by atoms with Crippen LogP contribution in [-0.2, 0) is 11.3 Å². The Morgan fingerprint density at radius 3 is 2.77 bits per heavy atom. The summed E-state index contributed by atoms with van der Waals surface area (Å²) < 4.78 is 27.4. The molecule has 6 heteroatoms. The van der Waals surface area contributed by atoms with Gasteiger partial charge in [0.15, 0.2) is 11.6 Å². The van der Waals surface area contributed by atoms with Crippen molar-refractivity contribution >= 4 is 5.91 Å². The Morgan fingerprint density at radius 1 is 1.15 bits per heavy atom. The quantitative estimate of drug-likeness (QED) is 0.873. The van der Waals surface area contributed by atoms with Crippen molar-refractivity contribution in [3.63, 3.8) is 0 Å². The summed E-state index contributed by atoms with van der Waals surface area (Å²) in [5.74, 6) is -1.36. The van der Waals surface area contributed by atoms with Crippen LogP contribution in [0.4, 0.5) is 8.78 Å². The molecule has 1 aromatic carbocycles. The van der Waals surface area contributed by atoms with Crippen molar-refractivity contribution in [2.45, 2.75) is 44.7 Å². The van der Waals surface area contributed by atoms with Gasteiger partial charge in [0.2, 0.25) is 5.91 Å². The first kappa shape index (κ1) is 17.9. The van der Waals surface area contributed by atoms with E-state index in [2.05, 4.69) is 15.1 Å². The highest BCUT2D eigenvalue weighted by atomic mass is 19.2. The number of amides is 1. The van der Waals surface area contributed by atoms with Gasteiger partial charge in [-0.05, 0) is 56.7 Å². The van der Waals surface area contributed by atoms with Gasteiger partial charge in [0.25, 0.3) is 0 Å². The molecule has 2 heterocycles. The standard InChI is InChI=1S/C20H27F2N3O/c21-17-4-1-3-15(19(17)22)11-24-9-2-7-20(13-24)8-10-25(14-20)12-18(26)23-16-5-6-16/h1,3-4,16H,2,5-14H2,(H,23,26)/t20-/m0/s1. The number of piperidine rings is 1. The average Bonchev–Trinajstić information content (AvgIpc) is 3.34. The van der Waals surface area contributed by atoms with Gasteiger partial charge in [-0.3, -0.25) is 14.6 Å². The van der Waals surface area contributed by atoms with Crippen molar-refractivity contribution in [3.05, 3.63) is 35.4 Å². The lowest BCUT2D eigenvalue weighted by Gasteiger charge is -2.40. The number of halogens is 2. The predicted molar refractivity (Wildman–Crippen MR) is 95.5 cm³/mol. The van der Waals surface area contributed by atoms with Crippen LogP contribution in [0.2, 0.25) is 0 Å². The predicted octanol–water partition coefficient (Wildman–Crippen LogP) is 2.53. The molecule has 4 nitrogen and oxygen atoms in total. The van der Waals surface area contributed by atoms with Gasteiger partial charge in [-0.25, -0.2) is 8.78 Å². The Balaban J connectivity index is 1.34. The average molecular weight is 363 g/mol. The van der Waals surface area contributed by atoms with E-state index in [0.29, 0.717) is 24.7 Å². The van der Waals surface area contributed by atoms with Crippen LogP contribution in [0.15, 0.2) is 18.2 Å². The molecule has 1 spiro atoms. The highest BCUT2D eigenvalue weighted by Gasteiger charge is 2.41. The molecule has 4 rings (SSSR count). The highest BCUT2D eigenvalue weighted by molar-refractivity contribution is 5.78. The van der Waals surface area contributed by atoms with E-state index in [1.54, 1.807) is 12.1 Å². The molecule has 3 fully saturated rings. The smallest absolute Gasteiger partial charge is 0.234 e. The fourth-order valence-corrected chi connectivity index (χ4v) is 4.56. The van der Waals surface area contributed by atoms with E-state index in [-0.39, 0.29) is 11.3 Å².